The maximum Gasteiger partial charge on any atom is 0.250 e. The average molecular weight is 181 g/mol. The molecular formula is C10H12FNO. The molecule has 1 heterocycles. The molecule has 2 nitrogen and oxygen atoms in total. The number of rotatable bonds is 2. The first-order chi connectivity index (χ1) is 6.25. The Morgan fingerprint density at radius 3 is 2.85 bits per heavy atom. The molecule has 2 rings (SSSR count). The highest BCUT2D eigenvalue weighted by molar-refractivity contribution is 5.17. The number of aromatic nitrogens is 1. The molecule has 0 unspecified atom stereocenters. The molecule has 0 radical (unpaired) electrons. The SMILES string of the molecule is Cc1ccc(F)c(OC2CCC2)n1. The van der Waals surface area contributed by atoms with E-state index in [-0.39, 0.29) is 17.8 Å². The third-order valence-corrected chi connectivity index (χ3v) is 2.28. The Kier molecular flexibility index (Phi) is 2.17. The summed E-state index contributed by atoms with van der Waals surface area (Å²) in [6, 6.07) is 3.04. The van der Waals surface area contributed by atoms with Gasteiger partial charge in [-0.2, -0.15) is 0 Å². The Labute approximate surface area is 76.7 Å². The van der Waals surface area contributed by atoms with Crippen LogP contribution in [0.15, 0.2) is 12.1 Å². The highest BCUT2D eigenvalue weighted by atomic mass is 19.1. The number of pyridine rings is 1. The second-order valence-corrected chi connectivity index (χ2v) is 3.41. The quantitative estimate of drug-likeness (QED) is 0.699. The molecule has 0 aromatic carbocycles. The van der Waals surface area contributed by atoms with E-state index in [4.69, 9.17) is 4.74 Å². The largest absolute Gasteiger partial charge is 0.472 e. The number of halogens is 1. The van der Waals surface area contributed by atoms with Gasteiger partial charge in [0.1, 0.15) is 6.10 Å². The van der Waals surface area contributed by atoms with Crippen LogP contribution in [0, 0.1) is 12.7 Å². The van der Waals surface area contributed by atoms with Crippen molar-refractivity contribution in [1.82, 2.24) is 4.98 Å². The molecule has 70 valence electrons. The minimum Gasteiger partial charge on any atom is -0.472 e. The number of hydrogen-bond acceptors (Lipinski definition) is 2. The lowest BCUT2D eigenvalue weighted by Gasteiger charge is -2.25. The van der Waals surface area contributed by atoms with E-state index in [9.17, 15) is 4.39 Å². The normalized spacial score (nSPS) is 16.8. The number of nitrogens with zero attached hydrogens (tertiary/aromatic N) is 1. The summed E-state index contributed by atoms with van der Waals surface area (Å²) in [5.41, 5.74) is 0.788. The van der Waals surface area contributed by atoms with Gasteiger partial charge in [-0.3, -0.25) is 0 Å². The van der Waals surface area contributed by atoms with Gasteiger partial charge in [-0.05, 0) is 38.3 Å². The summed E-state index contributed by atoms with van der Waals surface area (Å²) in [7, 11) is 0. The smallest absolute Gasteiger partial charge is 0.250 e. The second-order valence-electron chi connectivity index (χ2n) is 3.41. The van der Waals surface area contributed by atoms with E-state index in [1.54, 1.807) is 6.07 Å². The molecule has 1 fully saturated rings. The zero-order chi connectivity index (χ0) is 9.26. The van der Waals surface area contributed by atoms with Crippen molar-refractivity contribution in [3.8, 4) is 5.88 Å². The predicted molar refractivity (Wildman–Crippen MR) is 47.2 cm³/mol. The number of aryl methyl sites for hydroxylation is 1. The van der Waals surface area contributed by atoms with Crippen LogP contribution >= 0.6 is 0 Å². The summed E-state index contributed by atoms with van der Waals surface area (Å²) in [6.07, 6.45) is 3.41. The summed E-state index contributed by atoms with van der Waals surface area (Å²) in [5.74, 6) is -0.206. The maximum absolute atomic E-state index is 13.1. The molecule has 0 atom stereocenters. The molecule has 1 saturated carbocycles. The zero-order valence-corrected chi connectivity index (χ0v) is 7.59. The van der Waals surface area contributed by atoms with Gasteiger partial charge < -0.3 is 4.74 Å². The minimum atomic E-state index is -0.363. The first-order valence-corrected chi connectivity index (χ1v) is 4.55. The van der Waals surface area contributed by atoms with Crippen LogP contribution in [0.2, 0.25) is 0 Å². The molecule has 13 heavy (non-hydrogen) atoms. The first kappa shape index (κ1) is 8.48. The van der Waals surface area contributed by atoms with Crippen LogP contribution < -0.4 is 4.74 Å². The maximum atomic E-state index is 13.1. The van der Waals surface area contributed by atoms with E-state index in [2.05, 4.69) is 4.98 Å². The van der Waals surface area contributed by atoms with E-state index in [0.717, 1.165) is 18.5 Å². The van der Waals surface area contributed by atoms with Gasteiger partial charge in [0.25, 0.3) is 5.88 Å². The topological polar surface area (TPSA) is 22.1 Å². The summed E-state index contributed by atoms with van der Waals surface area (Å²) >= 11 is 0. The Morgan fingerprint density at radius 1 is 1.46 bits per heavy atom. The monoisotopic (exact) mass is 181 g/mol. The van der Waals surface area contributed by atoms with Crippen molar-refractivity contribution in [2.75, 3.05) is 0 Å². The predicted octanol–water partition coefficient (Wildman–Crippen LogP) is 2.46. The van der Waals surface area contributed by atoms with E-state index in [1.165, 1.54) is 12.5 Å². The third kappa shape index (κ3) is 1.79. The first-order valence-electron chi connectivity index (χ1n) is 4.55. The number of ether oxygens (including phenoxy) is 1. The third-order valence-electron chi connectivity index (χ3n) is 2.28. The molecule has 1 aliphatic carbocycles. The highest BCUT2D eigenvalue weighted by Crippen LogP contribution is 2.25. The summed E-state index contributed by atoms with van der Waals surface area (Å²) in [4.78, 5) is 4.00. The van der Waals surface area contributed by atoms with Gasteiger partial charge in [-0.1, -0.05) is 0 Å². The Balaban J connectivity index is 2.13. The Hall–Kier alpha value is -1.12. The molecule has 0 amide bonds. The van der Waals surface area contributed by atoms with Crippen molar-refractivity contribution < 1.29 is 9.13 Å². The summed E-state index contributed by atoms with van der Waals surface area (Å²) in [6.45, 7) is 1.83. The molecule has 1 aromatic rings. The highest BCUT2D eigenvalue weighted by Gasteiger charge is 2.21. The van der Waals surface area contributed by atoms with Crippen molar-refractivity contribution in [2.45, 2.75) is 32.3 Å². The van der Waals surface area contributed by atoms with Crippen LogP contribution in [0.25, 0.3) is 0 Å². The van der Waals surface area contributed by atoms with Crippen molar-refractivity contribution >= 4 is 0 Å². The van der Waals surface area contributed by atoms with Crippen LogP contribution in [0.1, 0.15) is 25.0 Å². The van der Waals surface area contributed by atoms with Crippen molar-refractivity contribution in [3.63, 3.8) is 0 Å². The minimum absolute atomic E-state index is 0.157. The Bertz CT molecular complexity index is 310. The van der Waals surface area contributed by atoms with Crippen molar-refractivity contribution in [1.29, 1.82) is 0 Å². The fraction of sp³-hybridized carbons (Fsp3) is 0.500. The molecular weight excluding hydrogens is 169 g/mol. The fourth-order valence-electron chi connectivity index (χ4n) is 1.25. The van der Waals surface area contributed by atoms with Crippen LogP contribution in [0.5, 0.6) is 5.88 Å². The molecule has 1 aliphatic rings. The van der Waals surface area contributed by atoms with Crippen LogP contribution in [0.4, 0.5) is 4.39 Å². The van der Waals surface area contributed by atoms with Gasteiger partial charge in [0.15, 0.2) is 5.82 Å². The molecule has 3 heteroatoms. The summed E-state index contributed by atoms with van der Waals surface area (Å²) < 4.78 is 18.5. The molecule has 0 saturated heterocycles. The Morgan fingerprint density at radius 2 is 2.23 bits per heavy atom. The number of hydrogen-bond donors (Lipinski definition) is 0. The summed E-state index contributed by atoms with van der Waals surface area (Å²) in [5, 5.41) is 0. The van der Waals surface area contributed by atoms with Gasteiger partial charge >= 0.3 is 0 Å². The van der Waals surface area contributed by atoms with Crippen molar-refractivity contribution in [2.24, 2.45) is 0 Å². The molecule has 1 aromatic heterocycles. The lowest BCUT2D eigenvalue weighted by molar-refractivity contribution is 0.108. The molecule has 0 aliphatic heterocycles. The van der Waals surface area contributed by atoms with Gasteiger partial charge in [0, 0.05) is 5.69 Å². The van der Waals surface area contributed by atoms with Crippen LogP contribution in [0.3, 0.4) is 0 Å². The van der Waals surface area contributed by atoms with E-state index in [1.807, 2.05) is 6.92 Å². The van der Waals surface area contributed by atoms with Gasteiger partial charge in [-0.15, -0.1) is 0 Å². The standard InChI is InChI=1S/C10H12FNO/c1-7-5-6-9(11)10(12-7)13-8-3-2-4-8/h5-6,8H,2-4H2,1H3. The van der Waals surface area contributed by atoms with Crippen LogP contribution in [-0.4, -0.2) is 11.1 Å². The fourth-order valence-corrected chi connectivity index (χ4v) is 1.25. The van der Waals surface area contributed by atoms with E-state index >= 15 is 0 Å². The lowest BCUT2D eigenvalue weighted by atomic mass is 9.96. The van der Waals surface area contributed by atoms with Gasteiger partial charge in [-0.25, -0.2) is 9.37 Å². The second kappa shape index (κ2) is 3.32. The van der Waals surface area contributed by atoms with E-state index in [0.29, 0.717) is 0 Å². The van der Waals surface area contributed by atoms with E-state index < -0.39 is 0 Å². The molecule has 0 spiro atoms. The zero-order valence-electron chi connectivity index (χ0n) is 7.59. The average Bonchev–Trinajstić information content (AvgIpc) is 2.03. The van der Waals surface area contributed by atoms with Gasteiger partial charge in [0.2, 0.25) is 0 Å². The van der Waals surface area contributed by atoms with Gasteiger partial charge in [0.05, 0.1) is 0 Å². The molecule has 0 N–H and O–H groups in total. The van der Waals surface area contributed by atoms with Crippen molar-refractivity contribution in [3.05, 3.63) is 23.6 Å². The molecule has 0 bridgehead atoms. The lowest BCUT2D eigenvalue weighted by Crippen LogP contribution is -2.25. The van der Waals surface area contributed by atoms with Crippen LogP contribution in [-0.2, 0) is 0 Å².